The number of rotatable bonds is 1. The number of nitrogens with zero attached hydrogens (tertiary/aromatic N) is 3. The van der Waals surface area contributed by atoms with Gasteiger partial charge in [-0.25, -0.2) is 4.99 Å². The fourth-order valence-electron chi connectivity index (χ4n) is 2.17. The van der Waals surface area contributed by atoms with Crippen LogP contribution in [0.5, 0.6) is 0 Å². The first-order chi connectivity index (χ1) is 9.78. The minimum atomic E-state index is 0.362. The van der Waals surface area contributed by atoms with Crippen LogP contribution in [-0.4, -0.2) is 18.1 Å². The molecular formula is C16H12N4. The minimum absolute atomic E-state index is 0.362. The van der Waals surface area contributed by atoms with E-state index in [1.54, 1.807) is 6.07 Å². The van der Waals surface area contributed by atoms with Crippen molar-refractivity contribution in [3.63, 3.8) is 0 Å². The molecule has 0 spiro atoms. The molecule has 1 aliphatic heterocycles. The van der Waals surface area contributed by atoms with Crippen LogP contribution in [0.2, 0.25) is 0 Å². The molecule has 96 valence electrons. The van der Waals surface area contributed by atoms with Gasteiger partial charge < -0.3 is 5.73 Å². The molecule has 0 radical (unpaired) electrons. The molecule has 0 fully saturated rings. The van der Waals surface area contributed by atoms with Crippen molar-refractivity contribution in [1.29, 1.82) is 5.26 Å². The van der Waals surface area contributed by atoms with Crippen LogP contribution in [0.25, 0.3) is 0 Å². The summed E-state index contributed by atoms with van der Waals surface area (Å²) in [7, 11) is 0. The third-order valence-electron chi connectivity index (χ3n) is 3.09. The van der Waals surface area contributed by atoms with Crippen molar-refractivity contribution in [2.75, 3.05) is 6.54 Å². The van der Waals surface area contributed by atoms with Gasteiger partial charge in [0.1, 0.15) is 5.84 Å². The summed E-state index contributed by atoms with van der Waals surface area (Å²) >= 11 is 0. The first-order valence-corrected chi connectivity index (χ1v) is 6.25. The second-order valence-corrected chi connectivity index (χ2v) is 4.48. The maximum atomic E-state index is 9.07. The highest BCUT2D eigenvalue weighted by atomic mass is 14.9. The summed E-state index contributed by atoms with van der Waals surface area (Å²) in [6.07, 6.45) is 0. The molecule has 2 N–H and O–H groups in total. The molecule has 0 saturated heterocycles. The molecule has 1 aliphatic rings. The summed E-state index contributed by atoms with van der Waals surface area (Å²) < 4.78 is 0. The lowest BCUT2D eigenvalue weighted by molar-refractivity contribution is 1.27. The highest BCUT2D eigenvalue weighted by molar-refractivity contribution is 6.17. The second-order valence-electron chi connectivity index (χ2n) is 4.48. The van der Waals surface area contributed by atoms with E-state index in [0.29, 0.717) is 17.9 Å². The van der Waals surface area contributed by atoms with E-state index in [2.05, 4.69) is 16.1 Å². The predicted molar refractivity (Wildman–Crippen MR) is 79.4 cm³/mol. The Balaban J connectivity index is 2.23. The second kappa shape index (κ2) is 4.98. The van der Waals surface area contributed by atoms with Gasteiger partial charge in [0.15, 0.2) is 0 Å². The van der Waals surface area contributed by atoms with Gasteiger partial charge in [0.2, 0.25) is 0 Å². The van der Waals surface area contributed by atoms with E-state index < -0.39 is 0 Å². The molecule has 4 heteroatoms. The van der Waals surface area contributed by atoms with Gasteiger partial charge in [0, 0.05) is 11.1 Å². The van der Waals surface area contributed by atoms with Gasteiger partial charge in [-0.15, -0.1) is 0 Å². The first-order valence-electron chi connectivity index (χ1n) is 6.25. The summed E-state index contributed by atoms with van der Waals surface area (Å²) in [5, 5.41) is 9.07. The van der Waals surface area contributed by atoms with Crippen LogP contribution in [0.3, 0.4) is 0 Å². The van der Waals surface area contributed by atoms with Crippen molar-refractivity contribution in [1.82, 2.24) is 0 Å². The normalized spacial score (nSPS) is 13.6. The summed E-state index contributed by atoms with van der Waals surface area (Å²) in [4.78, 5) is 8.90. The van der Waals surface area contributed by atoms with Gasteiger partial charge in [0.25, 0.3) is 0 Å². The lowest BCUT2D eigenvalue weighted by Crippen LogP contribution is -2.14. The van der Waals surface area contributed by atoms with Crippen LogP contribution in [0.15, 0.2) is 58.5 Å². The monoisotopic (exact) mass is 260 g/mol. The van der Waals surface area contributed by atoms with Crippen molar-refractivity contribution in [3.05, 3.63) is 65.2 Å². The quantitative estimate of drug-likeness (QED) is 0.854. The van der Waals surface area contributed by atoms with E-state index in [1.165, 1.54) is 0 Å². The number of fused-ring (bicyclic) bond motifs is 1. The van der Waals surface area contributed by atoms with Crippen LogP contribution in [-0.2, 0) is 0 Å². The maximum absolute atomic E-state index is 9.07. The molecule has 0 amide bonds. The van der Waals surface area contributed by atoms with Gasteiger partial charge in [-0.2, -0.15) is 5.26 Å². The molecule has 20 heavy (non-hydrogen) atoms. The Kier molecular flexibility index (Phi) is 3.02. The van der Waals surface area contributed by atoms with Crippen LogP contribution >= 0.6 is 0 Å². The number of aliphatic imine (C=N–C) groups is 2. The molecule has 0 aromatic heterocycles. The van der Waals surface area contributed by atoms with Gasteiger partial charge in [-0.3, -0.25) is 4.99 Å². The number of benzene rings is 2. The third-order valence-corrected chi connectivity index (χ3v) is 3.09. The third kappa shape index (κ3) is 2.17. The smallest absolute Gasteiger partial charge is 0.121 e. The maximum Gasteiger partial charge on any atom is 0.121 e. The van der Waals surface area contributed by atoms with E-state index in [1.807, 2.05) is 42.5 Å². The van der Waals surface area contributed by atoms with E-state index >= 15 is 0 Å². The number of hydrogen-bond donors (Lipinski definition) is 1. The summed E-state index contributed by atoms with van der Waals surface area (Å²) in [6.45, 7) is 0.362. The number of amidine groups is 1. The molecule has 0 atom stereocenters. The number of hydrogen-bond acceptors (Lipinski definition) is 4. The average Bonchev–Trinajstić information content (AvgIpc) is 2.65. The van der Waals surface area contributed by atoms with Gasteiger partial charge >= 0.3 is 0 Å². The van der Waals surface area contributed by atoms with Crippen LogP contribution < -0.4 is 5.73 Å². The lowest BCUT2D eigenvalue weighted by Gasteiger charge is -2.08. The molecule has 0 saturated carbocycles. The highest BCUT2D eigenvalue weighted by Gasteiger charge is 2.15. The van der Waals surface area contributed by atoms with E-state index in [4.69, 9.17) is 11.0 Å². The highest BCUT2D eigenvalue weighted by Crippen LogP contribution is 2.26. The minimum Gasteiger partial charge on any atom is -0.386 e. The molecule has 0 bridgehead atoms. The zero-order valence-corrected chi connectivity index (χ0v) is 10.7. The Bertz CT molecular complexity index is 752. The summed E-state index contributed by atoms with van der Waals surface area (Å²) in [6, 6.07) is 17.4. The lowest BCUT2D eigenvalue weighted by atomic mass is 9.99. The Hall–Kier alpha value is -2.93. The SMILES string of the molecule is N#Cc1ccc2c(c1)C(c1ccccc1)=NCC(N)=N2. The van der Waals surface area contributed by atoms with Crippen molar-refractivity contribution in [2.45, 2.75) is 0 Å². The van der Waals surface area contributed by atoms with Crippen LogP contribution in [0.1, 0.15) is 16.7 Å². The zero-order chi connectivity index (χ0) is 13.9. The molecule has 1 heterocycles. The van der Waals surface area contributed by atoms with Gasteiger partial charge in [-0.1, -0.05) is 30.3 Å². The Morgan fingerprint density at radius 3 is 2.65 bits per heavy atom. The Morgan fingerprint density at radius 2 is 1.90 bits per heavy atom. The molecule has 4 nitrogen and oxygen atoms in total. The molecule has 0 unspecified atom stereocenters. The van der Waals surface area contributed by atoms with Crippen LogP contribution in [0, 0.1) is 11.3 Å². The topological polar surface area (TPSA) is 74.5 Å². The molecule has 2 aromatic carbocycles. The zero-order valence-electron chi connectivity index (χ0n) is 10.7. The first kappa shape index (κ1) is 12.1. The van der Waals surface area contributed by atoms with Crippen LogP contribution in [0.4, 0.5) is 5.69 Å². The molecule has 3 rings (SSSR count). The largest absolute Gasteiger partial charge is 0.386 e. The molecule has 0 aliphatic carbocycles. The van der Waals surface area contributed by atoms with Crippen molar-refractivity contribution >= 4 is 17.2 Å². The molecular weight excluding hydrogens is 248 g/mol. The van der Waals surface area contributed by atoms with E-state index in [0.717, 1.165) is 22.5 Å². The fraction of sp³-hybridized carbons (Fsp3) is 0.0625. The molecule has 2 aromatic rings. The number of nitrogens with two attached hydrogens (primary N) is 1. The summed E-state index contributed by atoms with van der Waals surface area (Å²) in [5.41, 5.74) is 9.83. The Labute approximate surface area is 116 Å². The Morgan fingerprint density at radius 1 is 1.10 bits per heavy atom. The van der Waals surface area contributed by atoms with Crippen molar-refractivity contribution in [3.8, 4) is 6.07 Å². The van der Waals surface area contributed by atoms with Crippen molar-refractivity contribution in [2.24, 2.45) is 15.7 Å². The fourth-order valence-corrected chi connectivity index (χ4v) is 2.17. The van der Waals surface area contributed by atoms with Gasteiger partial charge in [-0.05, 0) is 18.2 Å². The van der Waals surface area contributed by atoms with Crippen molar-refractivity contribution < 1.29 is 0 Å². The predicted octanol–water partition coefficient (Wildman–Crippen LogP) is 2.40. The standard InChI is InChI=1S/C16H12N4/c17-9-11-6-7-14-13(8-11)16(19-10-15(18)20-14)12-4-2-1-3-5-12/h1-8H,10H2,(H2,18,20). The summed E-state index contributed by atoms with van der Waals surface area (Å²) in [5.74, 6) is 0.474. The van der Waals surface area contributed by atoms with Gasteiger partial charge in [0.05, 0.1) is 29.6 Å². The van der Waals surface area contributed by atoms with E-state index in [9.17, 15) is 0 Å². The average molecular weight is 260 g/mol. The van der Waals surface area contributed by atoms with E-state index in [-0.39, 0.29) is 0 Å². The number of nitriles is 1.